The Hall–Kier alpha value is -1.27. The number of likely N-dealkylation sites (tertiary alicyclic amines) is 1. The minimum atomic E-state index is -3.21. The zero-order valence-electron chi connectivity index (χ0n) is 12.8. The highest BCUT2D eigenvalue weighted by Gasteiger charge is 2.16. The lowest BCUT2D eigenvalue weighted by molar-refractivity contribution is 0.180. The molecule has 6 heteroatoms. The van der Waals surface area contributed by atoms with Crippen LogP contribution in [0.2, 0.25) is 0 Å². The SMILES string of the molecule is CC(CNc1ccc(S(C)(=O)=O)cc1N)N1CCCCC1. The van der Waals surface area contributed by atoms with E-state index in [1.807, 2.05) is 0 Å². The zero-order chi connectivity index (χ0) is 15.5. The van der Waals surface area contributed by atoms with Crippen molar-refractivity contribution in [3.05, 3.63) is 18.2 Å². The van der Waals surface area contributed by atoms with Crippen LogP contribution in [0, 0.1) is 0 Å². The topological polar surface area (TPSA) is 75.4 Å². The van der Waals surface area contributed by atoms with Crippen LogP contribution in [0.1, 0.15) is 26.2 Å². The molecule has 0 bridgehead atoms. The zero-order valence-corrected chi connectivity index (χ0v) is 13.6. The standard InChI is InChI=1S/C15H25N3O2S/c1-12(18-8-4-3-5-9-18)11-17-15-7-6-13(10-14(15)16)21(2,19)20/h6-7,10,12,17H,3-5,8-9,11,16H2,1-2H3. The van der Waals surface area contributed by atoms with E-state index in [-0.39, 0.29) is 4.90 Å². The second-order valence-corrected chi connectivity index (χ2v) is 7.86. The minimum absolute atomic E-state index is 0.259. The minimum Gasteiger partial charge on any atom is -0.397 e. The van der Waals surface area contributed by atoms with Crippen LogP contribution >= 0.6 is 0 Å². The third kappa shape index (κ3) is 4.35. The third-order valence-electron chi connectivity index (χ3n) is 4.05. The molecule has 21 heavy (non-hydrogen) atoms. The number of sulfone groups is 1. The van der Waals surface area contributed by atoms with Gasteiger partial charge in [0.1, 0.15) is 0 Å². The normalized spacial score (nSPS) is 18.4. The molecule has 1 aromatic rings. The molecule has 5 nitrogen and oxygen atoms in total. The monoisotopic (exact) mass is 311 g/mol. The molecule has 1 fully saturated rings. The summed E-state index contributed by atoms with van der Waals surface area (Å²) in [5, 5.41) is 3.33. The van der Waals surface area contributed by atoms with Crippen LogP contribution in [0.4, 0.5) is 11.4 Å². The second kappa shape index (κ2) is 6.66. The van der Waals surface area contributed by atoms with E-state index in [1.165, 1.54) is 31.6 Å². The molecule has 118 valence electrons. The fourth-order valence-electron chi connectivity index (χ4n) is 2.68. The van der Waals surface area contributed by atoms with Crippen molar-refractivity contribution in [2.75, 3.05) is 36.9 Å². The molecule has 3 N–H and O–H groups in total. The van der Waals surface area contributed by atoms with Gasteiger partial charge in [0, 0.05) is 18.8 Å². The summed E-state index contributed by atoms with van der Waals surface area (Å²) in [6.07, 6.45) is 5.06. The van der Waals surface area contributed by atoms with Crippen LogP contribution in [0.25, 0.3) is 0 Å². The maximum atomic E-state index is 11.5. The highest BCUT2D eigenvalue weighted by molar-refractivity contribution is 7.90. The summed E-state index contributed by atoms with van der Waals surface area (Å²) in [6, 6.07) is 5.30. The average Bonchev–Trinajstić information content (AvgIpc) is 2.45. The van der Waals surface area contributed by atoms with E-state index < -0.39 is 9.84 Å². The Labute approximate surface area is 127 Å². The van der Waals surface area contributed by atoms with Crippen LogP contribution in [0.3, 0.4) is 0 Å². The van der Waals surface area contributed by atoms with E-state index in [0.29, 0.717) is 11.7 Å². The van der Waals surface area contributed by atoms with Crippen molar-refractivity contribution in [3.63, 3.8) is 0 Å². The molecule has 0 aromatic heterocycles. The number of hydrogen-bond acceptors (Lipinski definition) is 5. The molecule has 1 unspecified atom stereocenters. The molecule has 1 aromatic carbocycles. The lowest BCUT2D eigenvalue weighted by atomic mass is 10.1. The van der Waals surface area contributed by atoms with E-state index in [9.17, 15) is 8.42 Å². The van der Waals surface area contributed by atoms with Crippen LogP contribution in [0.15, 0.2) is 23.1 Å². The summed E-state index contributed by atoms with van der Waals surface area (Å²) in [5.74, 6) is 0. The number of piperidine rings is 1. The molecule has 0 aliphatic carbocycles. The molecule has 1 atom stereocenters. The number of nitrogens with two attached hydrogens (primary N) is 1. The molecule has 1 aliphatic heterocycles. The van der Waals surface area contributed by atoms with Gasteiger partial charge < -0.3 is 11.1 Å². The first kappa shape index (κ1) is 16.1. The number of nitrogens with zero attached hydrogens (tertiary/aromatic N) is 1. The van der Waals surface area contributed by atoms with Crippen molar-refractivity contribution in [2.24, 2.45) is 0 Å². The maximum Gasteiger partial charge on any atom is 0.175 e. The Balaban J connectivity index is 1.97. The van der Waals surface area contributed by atoms with Crippen molar-refractivity contribution in [1.29, 1.82) is 0 Å². The number of benzene rings is 1. The maximum absolute atomic E-state index is 11.5. The Morgan fingerprint density at radius 1 is 1.29 bits per heavy atom. The van der Waals surface area contributed by atoms with E-state index in [0.717, 1.165) is 25.3 Å². The summed E-state index contributed by atoms with van der Waals surface area (Å²) >= 11 is 0. The second-order valence-electron chi connectivity index (χ2n) is 5.85. The van der Waals surface area contributed by atoms with Crippen LogP contribution in [0.5, 0.6) is 0 Å². The molecule has 1 aliphatic rings. The van der Waals surface area contributed by atoms with E-state index in [1.54, 1.807) is 12.1 Å². The Morgan fingerprint density at radius 2 is 1.95 bits per heavy atom. The summed E-state index contributed by atoms with van der Waals surface area (Å²) in [5.41, 5.74) is 7.22. The predicted octanol–water partition coefficient (Wildman–Crippen LogP) is 1.96. The van der Waals surface area contributed by atoms with Gasteiger partial charge in [-0.3, -0.25) is 4.90 Å². The van der Waals surface area contributed by atoms with Crippen LogP contribution < -0.4 is 11.1 Å². The molecular weight excluding hydrogens is 286 g/mol. The summed E-state index contributed by atoms with van der Waals surface area (Å²) in [6.45, 7) is 5.33. The quantitative estimate of drug-likeness (QED) is 0.813. The Morgan fingerprint density at radius 3 is 2.52 bits per heavy atom. The average molecular weight is 311 g/mol. The van der Waals surface area contributed by atoms with Gasteiger partial charge in [-0.1, -0.05) is 6.42 Å². The molecule has 0 amide bonds. The first-order valence-electron chi connectivity index (χ1n) is 7.45. The first-order valence-corrected chi connectivity index (χ1v) is 9.34. The molecule has 2 rings (SSSR count). The molecule has 1 heterocycles. The summed E-state index contributed by atoms with van der Waals surface area (Å²) < 4.78 is 23.0. The van der Waals surface area contributed by atoms with E-state index >= 15 is 0 Å². The number of nitrogens with one attached hydrogen (secondary N) is 1. The van der Waals surface area contributed by atoms with Crippen molar-refractivity contribution in [3.8, 4) is 0 Å². The Kier molecular flexibility index (Phi) is 5.11. The number of anilines is 2. The van der Waals surface area contributed by atoms with Crippen molar-refractivity contribution in [2.45, 2.75) is 37.1 Å². The number of rotatable bonds is 5. The van der Waals surface area contributed by atoms with Gasteiger partial charge in [0.05, 0.1) is 16.3 Å². The molecular formula is C15H25N3O2S. The fraction of sp³-hybridized carbons (Fsp3) is 0.600. The van der Waals surface area contributed by atoms with Gasteiger partial charge in [0.25, 0.3) is 0 Å². The highest BCUT2D eigenvalue weighted by atomic mass is 32.2. The van der Waals surface area contributed by atoms with Gasteiger partial charge in [-0.15, -0.1) is 0 Å². The van der Waals surface area contributed by atoms with Crippen molar-refractivity contribution in [1.82, 2.24) is 4.90 Å². The van der Waals surface area contributed by atoms with E-state index in [2.05, 4.69) is 17.1 Å². The summed E-state index contributed by atoms with van der Waals surface area (Å²) in [7, 11) is -3.21. The molecule has 1 saturated heterocycles. The lowest BCUT2D eigenvalue weighted by Gasteiger charge is -2.32. The first-order chi connectivity index (χ1) is 9.88. The highest BCUT2D eigenvalue weighted by Crippen LogP contribution is 2.23. The predicted molar refractivity (Wildman–Crippen MR) is 87.3 cm³/mol. The van der Waals surface area contributed by atoms with Gasteiger partial charge in [-0.2, -0.15) is 0 Å². The smallest absolute Gasteiger partial charge is 0.175 e. The van der Waals surface area contributed by atoms with E-state index in [4.69, 9.17) is 5.73 Å². The van der Waals surface area contributed by atoms with Crippen LogP contribution in [-0.2, 0) is 9.84 Å². The Bertz CT molecular complexity index is 581. The molecule has 0 spiro atoms. The van der Waals surface area contributed by atoms with Crippen LogP contribution in [-0.4, -0.2) is 45.2 Å². The molecule has 0 saturated carbocycles. The van der Waals surface area contributed by atoms with Crippen molar-refractivity contribution < 1.29 is 8.42 Å². The largest absolute Gasteiger partial charge is 0.397 e. The van der Waals surface area contributed by atoms with Gasteiger partial charge in [0.2, 0.25) is 0 Å². The third-order valence-corrected chi connectivity index (χ3v) is 5.16. The van der Waals surface area contributed by atoms with Gasteiger partial charge in [0.15, 0.2) is 9.84 Å². The van der Waals surface area contributed by atoms with Gasteiger partial charge >= 0.3 is 0 Å². The fourth-order valence-corrected chi connectivity index (χ4v) is 3.33. The number of nitrogen functional groups attached to an aromatic ring is 1. The summed E-state index contributed by atoms with van der Waals surface area (Å²) in [4.78, 5) is 2.74. The van der Waals surface area contributed by atoms with Gasteiger partial charge in [-0.05, 0) is 51.1 Å². The van der Waals surface area contributed by atoms with Gasteiger partial charge in [-0.25, -0.2) is 8.42 Å². The number of hydrogen-bond donors (Lipinski definition) is 2. The molecule has 0 radical (unpaired) electrons. The van der Waals surface area contributed by atoms with Crippen molar-refractivity contribution >= 4 is 21.2 Å². The lowest BCUT2D eigenvalue weighted by Crippen LogP contribution is -2.41.